The second kappa shape index (κ2) is 9.99. The second-order valence-corrected chi connectivity index (χ2v) is 8.36. The molecule has 9 heteroatoms. The van der Waals surface area contributed by atoms with Crippen molar-refractivity contribution < 1.29 is 14.3 Å². The fraction of sp³-hybridized carbons (Fsp3) is 0.0870. The van der Waals surface area contributed by atoms with Crippen molar-refractivity contribution in [2.24, 2.45) is 0 Å². The normalized spacial score (nSPS) is 11.6. The Bertz CT molecular complexity index is 1230. The molecule has 1 N–H and O–H groups in total. The van der Waals surface area contributed by atoms with Crippen molar-refractivity contribution >= 4 is 51.3 Å². The number of aromatic nitrogens is 2. The maximum Gasteiger partial charge on any atom is 0.352 e. The molecule has 2 aromatic heterocycles. The molecule has 0 radical (unpaired) electrons. The number of carbonyl (C=O) groups is 1. The highest BCUT2D eigenvalue weighted by Crippen LogP contribution is 2.29. The lowest BCUT2D eigenvalue weighted by Crippen LogP contribution is -2.28. The summed E-state index contributed by atoms with van der Waals surface area (Å²) < 4.78 is 11.1. The summed E-state index contributed by atoms with van der Waals surface area (Å²) in [5.41, 5.74) is 2.31. The Morgan fingerprint density at radius 3 is 2.72 bits per heavy atom. The molecule has 0 saturated heterocycles. The molecule has 0 spiro atoms. The van der Waals surface area contributed by atoms with Crippen molar-refractivity contribution in [2.75, 3.05) is 5.32 Å². The van der Waals surface area contributed by atoms with Crippen molar-refractivity contribution in [2.45, 2.75) is 13.0 Å². The zero-order chi connectivity index (χ0) is 22.5. The van der Waals surface area contributed by atoms with Gasteiger partial charge in [0.15, 0.2) is 11.2 Å². The van der Waals surface area contributed by atoms with Crippen molar-refractivity contribution in [3.05, 3.63) is 82.3 Å². The van der Waals surface area contributed by atoms with E-state index >= 15 is 0 Å². The fourth-order valence-electron chi connectivity index (χ4n) is 2.73. The van der Waals surface area contributed by atoms with E-state index in [-0.39, 0.29) is 0 Å². The number of benzene rings is 2. The number of halogens is 2. The standard InChI is InChI=1S/C23H17Cl2N3O3S/c1-14(30-21-9-8-15(24)11-18(21)25)22(29)31-17-6-4-5-16(12-17)27-23-28-20(13-32-23)19-7-2-3-10-26-19/h2-14H,1H3,(H,27,28). The molecule has 32 heavy (non-hydrogen) atoms. The van der Waals surface area contributed by atoms with Crippen LogP contribution in [0.25, 0.3) is 11.4 Å². The van der Waals surface area contributed by atoms with Crippen molar-refractivity contribution in [3.63, 3.8) is 0 Å². The van der Waals surface area contributed by atoms with Crippen LogP contribution in [0.1, 0.15) is 6.92 Å². The Kier molecular flexibility index (Phi) is 6.90. The van der Waals surface area contributed by atoms with Crippen LogP contribution in [0.15, 0.2) is 72.2 Å². The smallest absolute Gasteiger partial charge is 0.352 e. The SMILES string of the molecule is CC(Oc1ccc(Cl)cc1Cl)C(=O)Oc1cccc(Nc2nc(-c3ccccn3)cs2)c1. The van der Waals surface area contributed by atoms with Crippen molar-refractivity contribution in [1.29, 1.82) is 0 Å². The number of hydrogen-bond acceptors (Lipinski definition) is 7. The summed E-state index contributed by atoms with van der Waals surface area (Å²) >= 11 is 13.4. The van der Waals surface area contributed by atoms with Gasteiger partial charge in [-0.15, -0.1) is 11.3 Å². The molecule has 0 saturated carbocycles. The van der Waals surface area contributed by atoms with E-state index in [2.05, 4.69) is 15.3 Å². The zero-order valence-corrected chi connectivity index (χ0v) is 19.1. The molecule has 1 atom stereocenters. The van der Waals surface area contributed by atoms with Gasteiger partial charge in [0.2, 0.25) is 0 Å². The number of esters is 1. The van der Waals surface area contributed by atoms with E-state index in [1.165, 1.54) is 11.3 Å². The zero-order valence-electron chi connectivity index (χ0n) is 16.8. The van der Waals surface area contributed by atoms with Gasteiger partial charge in [0.1, 0.15) is 17.2 Å². The number of rotatable bonds is 7. The minimum Gasteiger partial charge on any atom is -0.477 e. The van der Waals surface area contributed by atoms with Crippen LogP contribution < -0.4 is 14.8 Å². The minimum atomic E-state index is -0.870. The molecule has 0 aliphatic carbocycles. The first-order valence-electron chi connectivity index (χ1n) is 9.55. The first-order chi connectivity index (χ1) is 15.5. The lowest BCUT2D eigenvalue weighted by Gasteiger charge is -2.15. The number of nitrogens with zero attached hydrogens (tertiary/aromatic N) is 2. The molecule has 0 bridgehead atoms. The first-order valence-corrected chi connectivity index (χ1v) is 11.2. The Labute approximate surface area is 198 Å². The van der Waals surface area contributed by atoms with Gasteiger partial charge in [-0.1, -0.05) is 35.3 Å². The number of ether oxygens (including phenoxy) is 2. The highest BCUT2D eigenvalue weighted by molar-refractivity contribution is 7.14. The summed E-state index contributed by atoms with van der Waals surface area (Å²) in [4.78, 5) is 21.3. The minimum absolute atomic E-state index is 0.317. The predicted molar refractivity (Wildman–Crippen MR) is 127 cm³/mol. The van der Waals surface area contributed by atoms with E-state index in [9.17, 15) is 4.79 Å². The highest BCUT2D eigenvalue weighted by Gasteiger charge is 2.19. The van der Waals surface area contributed by atoms with Gasteiger partial charge in [-0.2, -0.15) is 0 Å². The number of thiazole rings is 1. The summed E-state index contributed by atoms with van der Waals surface area (Å²) in [7, 11) is 0. The Balaban J connectivity index is 1.39. The van der Waals surface area contributed by atoms with E-state index in [4.69, 9.17) is 32.7 Å². The van der Waals surface area contributed by atoms with Crippen molar-refractivity contribution in [3.8, 4) is 22.9 Å². The first kappa shape index (κ1) is 22.1. The van der Waals surface area contributed by atoms with Gasteiger partial charge in [-0.25, -0.2) is 9.78 Å². The van der Waals surface area contributed by atoms with Crippen LogP contribution in [-0.4, -0.2) is 22.0 Å². The van der Waals surface area contributed by atoms with Gasteiger partial charge in [-0.05, 0) is 49.4 Å². The van der Waals surface area contributed by atoms with Crippen LogP contribution >= 0.6 is 34.5 Å². The molecule has 0 aliphatic rings. The van der Waals surface area contributed by atoms with Crippen LogP contribution in [0.2, 0.25) is 10.0 Å². The highest BCUT2D eigenvalue weighted by atomic mass is 35.5. The van der Waals surface area contributed by atoms with E-state index in [0.717, 1.165) is 17.1 Å². The largest absolute Gasteiger partial charge is 0.477 e. The van der Waals surface area contributed by atoms with Gasteiger partial charge < -0.3 is 14.8 Å². The summed E-state index contributed by atoms with van der Waals surface area (Å²) in [6.07, 6.45) is 0.857. The van der Waals surface area contributed by atoms with Crippen LogP contribution in [-0.2, 0) is 4.79 Å². The maximum atomic E-state index is 12.5. The van der Waals surface area contributed by atoms with E-state index in [0.29, 0.717) is 26.7 Å². The molecular weight excluding hydrogens is 469 g/mol. The molecule has 0 amide bonds. The molecule has 2 heterocycles. The van der Waals surface area contributed by atoms with Gasteiger partial charge in [0.05, 0.1) is 10.7 Å². The van der Waals surface area contributed by atoms with Crippen molar-refractivity contribution in [1.82, 2.24) is 9.97 Å². The second-order valence-electron chi connectivity index (χ2n) is 6.66. The van der Waals surface area contributed by atoms with Gasteiger partial charge in [-0.3, -0.25) is 4.98 Å². The Hall–Kier alpha value is -3.13. The summed E-state index contributed by atoms with van der Waals surface area (Å²) in [6, 6.07) is 17.5. The third-order valence-corrected chi connectivity index (χ3v) is 5.55. The quantitative estimate of drug-likeness (QED) is 0.234. The number of anilines is 2. The summed E-state index contributed by atoms with van der Waals surface area (Å²) in [5, 5.41) is 6.64. The number of nitrogens with one attached hydrogen (secondary N) is 1. The maximum absolute atomic E-state index is 12.5. The van der Waals surface area contributed by atoms with Crippen LogP contribution in [0, 0.1) is 0 Å². The average Bonchev–Trinajstić information content (AvgIpc) is 3.25. The van der Waals surface area contributed by atoms with E-state index in [1.54, 1.807) is 49.5 Å². The molecule has 2 aromatic carbocycles. The molecule has 1 unspecified atom stereocenters. The monoisotopic (exact) mass is 485 g/mol. The van der Waals surface area contributed by atoms with Gasteiger partial charge in [0, 0.05) is 28.4 Å². The third-order valence-electron chi connectivity index (χ3n) is 4.26. The molecule has 0 aliphatic heterocycles. The Morgan fingerprint density at radius 1 is 1.06 bits per heavy atom. The van der Waals surface area contributed by atoms with E-state index < -0.39 is 12.1 Å². The number of hydrogen-bond donors (Lipinski definition) is 1. The number of pyridine rings is 1. The summed E-state index contributed by atoms with van der Waals surface area (Å²) in [5.74, 6) is 0.169. The fourth-order valence-corrected chi connectivity index (χ4v) is 3.91. The van der Waals surface area contributed by atoms with Crippen LogP contribution in [0.4, 0.5) is 10.8 Å². The van der Waals surface area contributed by atoms with Gasteiger partial charge in [0.25, 0.3) is 0 Å². The molecule has 4 aromatic rings. The summed E-state index contributed by atoms with van der Waals surface area (Å²) in [6.45, 7) is 1.59. The lowest BCUT2D eigenvalue weighted by molar-refractivity contribution is -0.141. The molecule has 0 fully saturated rings. The Morgan fingerprint density at radius 2 is 1.94 bits per heavy atom. The van der Waals surface area contributed by atoms with Crippen LogP contribution in [0.3, 0.4) is 0 Å². The molecule has 6 nitrogen and oxygen atoms in total. The third kappa shape index (κ3) is 5.56. The molecule has 162 valence electrons. The lowest BCUT2D eigenvalue weighted by atomic mass is 10.3. The number of carbonyl (C=O) groups excluding carboxylic acids is 1. The topological polar surface area (TPSA) is 73.3 Å². The molecule has 4 rings (SSSR count). The molecular formula is C23H17Cl2N3O3S. The van der Waals surface area contributed by atoms with Crippen LogP contribution in [0.5, 0.6) is 11.5 Å². The van der Waals surface area contributed by atoms with E-state index in [1.807, 2.05) is 29.6 Å². The predicted octanol–water partition coefficient (Wildman–Crippen LogP) is 6.63. The average molecular weight is 486 g/mol. The van der Waals surface area contributed by atoms with Gasteiger partial charge >= 0.3 is 5.97 Å².